The van der Waals surface area contributed by atoms with Crippen molar-refractivity contribution in [3.05, 3.63) is 58.1 Å². The Morgan fingerprint density at radius 2 is 1.66 bits per heavy atom. The number of esters is 1. The maximum atomic E-state index is 13.3. The van der Waals surface area contributed by atoms with E-state index in [9.17, 15) is 14.4 Å². The van der Waals surface area contributed by atoms with Gasteiger partial charge in [0.05, 0.1) is 27.6 Å². The highest BCUT2D eigenvalue weighted by Gasteiger charge is 2.40. The van der Waals surface area contributed by atoms with E-state index >= 15 is 0 Å². The van der Waals surface area contributed by atoms with Gasteiger partial charge in [-0.1, -0.05) is 60.3 Å². The van der Waals surface area contributed by atoms with Crippen LogP contribution < -0.4 is 10.2 Å². The zero-order valence-corrected chi connectivity index (χ0v) is 19.0. The summed E-state index contributed by atoms with van der Waals surface area (Å²) in [6.45, 7) is 0.155. The SMILES string of the molecule is O=C(COC(=O)[C@@H]1CCCC[C@@H]1C(=O)N1CCc2ccccc21)Nc1c(Cl)cccc1Cl. The fourth-order valence-corrected chi connectivity index (χ4v) is 5.00. The van der Waals surface area contributed by atoms with E-state index in [4.69, 9.17) is 27.9 Å². The van der Waals surface area contributed by atoms with Gasteiger partial charge in [-0.25, -0.2) is 0 Å². The molecule has 4 rings (SSSR count). The number of rotatable bonds is 5. The lowest BCUT2D eigenvalue weighted by molar-refractivity contribution is -0.156. The maximum Gasteiger partial charge on any atom is 0.310 e. The topological polar surface area (TPSA) is 75.7 Å². The number of ether oxygens (including phenoxy) is 1. The molecule has 1 N–H and O–H groups in total. The monoisotopic (exact) mass is 474 g/mol. The fourth-order valence-electron chi connectivity index (χ4n) is 4.51. The molecule has 2 aliphatic rings. The molecule has 0 spiro atoms. The van der Waals surface area contributed by atoms with Gasteiger partial charge in [-0.2, -0.15) is 0 Å². The van der Waals surface area contributed by atoms with Gasteiger partial charge in [-0.3, -0.25) is 14.4 Å². The van der Waals surface area contributed by atoms with Gasteiger partial charge in [0.2, 0.25) is 5.91 Å². The first-order chi connectivity index (χ1) is 15.5. The number of hydrogen-bond donors (Lipinski definition) is 1. The van der Waals surface area contributed by atoms with Gasteiger partial charge in [0.25, 0.3) is 5.91 Å². The predicted octanol–water partition coefficient (Wildman–Crippen LogP) is 4.87. The standard InChI is InChI=1S/C24H24Cl2N2O4/c25-18-9-5-10-19(26)22(18)27-21(29)14-32-24(31)17-8-3-2-7-16(17)23(30)28-13-12-15-6-1-4-11-20(15)28/h1,4-6,9-11,16-17H,2-3,7-8,12-14H2,(H,27,29)/t16-,17+/m0/s1. The summed E-state index contributed by atoms with van der Waals surface area (Å²) in [7, 11) is 0. The Morgan fingerprint density at radius 1 is 0.969 bits per heavy atom. The van der Waals surface area contributed by atoms with Crippen LogP contribution in [-0.4, -0.2) is 30.9 Å². The molecule has 1 heterocycles. The summed E-state index contributed by atoms with van der Waals surface area (Å²) >= 11 is 12.1. The van der Waals surface area contributed by atoms with Crippen LogP contribution in [-0.2, 0) is 25.5 Å². The number of nitrogens with zero attached hydrogens (tertiary/aromatic N) is 1. The van der Waals surface area contributed by atoms with Gasteiger partial charge in [0, 0.05) is 12.2 Å². The first-order valence-electron chi connectivity index (χ1n) is 10.8. The van der Waals surface area contributed by atoms with Crippen molar-refractivity contribution in [2.24, 2.45) is 11.8 Å². The molecule has 0 aromatic heterocycles. The first kappa shape index (κ1) is 22.6. The number of fused-ring (bicyclic) bond motifs is 1. The van der Waals surface area contributed by atoms with Crippen molar-refractivity contribution >= 4 is 52.4 Å². The minimum absolute atomic E-state index is 0.0381. The van der Waals surface area contributed by atoms with Crippen LogP contribution in [0.5, 0.6) is 0 Å². The fraction of sp³-hybridized carbons (Fsp3) is 0.375. The second-order valence-corrected chi connectivity index (χ2v) is 8.93. The molecule has 1 saturated carbocycles. The van der Waals surface area contributed by atoms with Crippen LogP contribution in [0.1, 0.15) is 31.2 Å². The summed E-state index contributed by atoms with van der Waals surface area (Å²) in [6, 6.07) is 12.7. The molecule has 0 bridgehead atoms. The molecule has 32 heavy (non-hydrogen) atoms. The summed E-state index contributed by atoms with van der Waals surface area (Å²) < 4.78 is 5.30. The van der Waals surface area contributed by atoms with Crippen molar-refractivity contribution in [1.29, 1.82) is 0 Å². The Hall–Kier alpha value is -2.57. The number of hydrogen-bond acceptors (Lipinski definition) is 4. The summed E-state index contributed by atoms with van der Waals surface area (Å²) in [6.07, 6.45) is 3.76. The van der Waals surface area contributed by atoms with Crippen molar-refractivity contribution in [2.45, 2.75) is 32.1 Å². The van der Waals surface area contributed by atoms with Crippen LogP contribution >= 0.6 is 23.2 Å². The summed E-state index contributed by atoms with van der Waals surface area (Å²) in [5.41, 5.74) is 2.34. The van der Waals surface area contributed by atoms with Crippen molar-refractivity contribution in [3.8, 4) is 0 Å². The largest absolute Gasteiger partial charge is 0.455 e. The summed E-state index contributed by atoms with van der Waals surface area (Å²) in [5.74, 6) is -2.09. The third-order valence-corrected chi connectivity index (χ3v) is 6.74. The van der Waals surface area contributed by atoms with Crippen molar-refractivity contribution in [1.82, 2.24) is 0 Å². The van der Waals surface area contributed by atoms with E-state index in [1.807, 2.05) is 24.3 Å². The molecule has 1 aliphatic carbocycles. The van der Waals surface area contributed by atoms with Crippen LogP contribution in [0, 0.1) is 11.8 Å². The minimum atomic E-state index is -0.555. The second-order valence-electron chi connectivity index (χ2n) is 8.12. The van der Waals surface area contributed by atoms with Crippen LogP contribution in [0.15, 0.2) is 42.5 Å². The number of benzene rings is 2. The Balaban J connectivity index is 1.39. The molecule has 2 aromatic carbocycles. The van der Waals surface area contributed by atoms with Crippen molar-refractivity contribution in [3.63, 3.8) is 0 Å². The lowest BCUT2D eigenvalue weighted by atomic mass is 9.78. The van der Waals surface area contributed by atoms with E-state index in [2.05, 4.69) is 5.32 Å². The molecule has 0 unspecified atom stereocenters. The third-order valence-electron chi connectivity index (χ3n) is 6.11. The van der Waals surface area contributed by atoms with Gasteiger partial charge >= 0.3 is 5.97 Å². The number of carbonyl (C=O) groups excluding carboxylic acids is 3. The number of para-hydroxylation sites is 2. The Bertz CT molecular complexity index is 1020. The average molecular weight is 475 g/mol. The van der Waals surface area contributed by atoms with Crippen LogP contribution in [0.2, 0.25) is 10.0 Å². The number of halogens is 2. The predicted molar refractivity (Wildman–Crippen MR) is 124 cm³/mol. The molecule has 168 valence electrons. The smallest absolute Gasteiger partial charge is 0.310 e. The number of amides is 2. The van der Waals surface area contributed by atoms with Gasteiger partial charge in [0.15, 0.2) is 6.61 Å². The molecular formula is C24H24Cl2N2O4. The zero-order chi connectivity index (χ0) is 22.7. The lowest BCUT2D eigenvalue weighted by Gasteiger charge is -2.32. The van der Waals surface area contributed by atoms with Gasteiger partial charge in [0.1, 0.15) is 0 Å². The first-order valence-corrected chi connectivity index (χ1v) is 11.5. The molecule has 2 aromatic rings. The molecule has 0 radical (unpaired) electrons. The second kappa shape index (κ2) is 9.92. The van der Waals surface area contributed by atoms with Gasteiger partial charge < -0.3 is 15.0 Å². The van der Waals surface area contributed by atoms with E-state index in [0.717, 1.165) is 30.5 Å². The number of carbonyl (C=O) groups is 3. The van der Waals surface area contributed by atoms with Crippen molar-refractivity contribution in [2.75, 3.05) is 23.4 Å². The molecule has 1 aliphatic heterocycles. The Labute approximate surface area is 196 Å². The highest BCUT2D eigenvalue weighted by molar-refractivity contribution is 6.39. The number of nitrogens with one attached hydrogen (secondary N) is 1. The van der Waals surface area contributed by atoms with Gasteiger partial charge in [-0.05, 0) is 43.0 Å². The third kappa shape index (κ3) is 4.76. The summed E-state index contributed by atoms with van der Waals surface area (Å²) in [5, 5.41) is 3.16. The molecule has 1 fully saturated rings. The Morgan fingerprint density at radius 3 is 2.41 bits per heavy atom. The summed E-state index contributed by atoms with van der Waals surface area (Å²) in [4.78, 5) is 40.3. The molecule has 2 atom stereocenters. The quantitative estimate of drug-likeness (QED) is 0.627. The molecule has 6 nitrogen and oxygen atoms in total. The van der Waals surface area contributed by atoms with E-state index in [1.54, 1.807) is 23.1 Å². The highest BCUT2D eigenvalue weighted by Crippen LogP contribution is 2.36. The normalized spacial score (nSPS) is 19.9. The lowest BCUT2D eigenvalue weighted by Crippen LogP contribution is -2.42. The van der Waals surface area contributed by atoms with Crippen LogP contribution in [0.4, 0.5) is 11.4 Å². The minimum Gasteiger partial charge on any atom is -0.455 e. The molecule has 8 heteroatoms. The molecule has 2 amide bonds. The van der Waals surface area contributed by atoms with E-state index in [0.29, 0.717) is 29.4 Å². The van der Waals surface area contributed by atoms with Gasteiger partial charge in [-0.15, -0.1) is 0 Å². The van der Waals surface area contributed by atoms with E-state index in [1.165, 1.54) is 0 Å². The van der Waals surface area contributed by atoms with Crippen molar-refractivity contribution < 1.29 is 19.1 Å². The number of anilines is 2. The maximum absolute atomic E-state index is 13.3. The zero-order valence-electron chi connectivity index (χ0n) is 17.5. The van der Waals surface area contributed by atoms with Crippen LogP contribution in [0.25, 0.3) is 0 Å². The van der Waals surface area contributed by atoms with Crippen LogP contribution in [0.3, 0.4) is 0 Å². The average Bonchev–Trinajstić information content (AvgIpc) is 3.24. The molecule has 0 saturated heterocycles. The Kier molecular flexibility index (Phi) is 7.01. The molecular weight excluding hydrogens is 451 g/mol. The van der Waals surface area contributed by atoms with E-state index in [-0.39, 0.29) is 11.6 Å². The van der Waals surface area contributed by atoms with E-state index < -0.39 is 30.3 Å². The highest BCUT2D eigenvalue weighted by atomic mass is 35.5.